The van der Waals surface area contributed by atoms with Crippen molar-refractivity contribution in [1.29, 1.82) is 0 Å². The lowest BCUT2D eigenvalue weighted by atomic mass is 10.1. The third kappa shape index (κ3) is 4.16. The van der Waals surface area contributed by atoms with Crippen molar-refractivity contribution in [3.8, 4) is 11.5 Å². The largest absolute Gasteiger partial charge is 0.504 e. The number of benzene rings is 1. The molecule has 0 aliphatic rings. The van der Waals surface area contributed by atoms with Crippen molar-refractivity contribution in [2.75, 3.05) is 6.61 Å². The first-order valence-electron chi connectivity index (χ1n) is 5.01. The molecule has 3 N–H and O–H groups in total. The number of ether oxygens (including phenoxy) is 1. The van der Waals surface area contributed by atoms with Gasteiger partial charge in [0.15, 0.2) is 11.5 Å². The van der Waals surface area contributed by atoms with Crippen LogP contribution in [-0.2, 0) is 16.0 Å². The van der Waals surface area contributed by atoms with Gasteiger partial charge in [-0.15, -0.1) is 0 Å². The average Bonchev–Trinajstić information content (AvgIpc) is 2.31. The second kappa shape index (κ2) is 5.91. The molecule has 1 aromatic carbocycles. The Kier molecular flexibility index (Phi) is 4.54. The van der Waals surface area contributed by atoms with Gasteiger partial charge >= 0.3 is 5.97 Å². The quantitative estimate of drug-likeness (QED) is 0.400. The molecule has 5 heteroatoms. The topological polar surface area (TPSA) is 87.0 Å². The number of aliphatic hydroxyl groups excluding tert-OH is 1. The first-order valence-corrected chi connectivity index (χ1v) is 5.01. The van der Waals surface area contributed by atoms with E-state index in [2.05, 4.69) is 11.3 Å². The zero-order valence-electron chi connectivity index (χ0n) is 9.17. The smallest absolute Gasteiger partial charge is 0.330 e. The minimum Gasteiger partial charge on any atom is -0.504 e. The number of phenols is 2. The highest BCUT2D eigenvalue weighted by molar-refractivity contribution is 5.81. The summed E-state index contributed by atoms with van der Waals surface area (Å²) < 4.78 is 4.66. The molecule has 0 amide bonds. The third-order valence-corrected chi connectivity index (χ3v) is 2.10. The molecule has 0 saturated carbocycles. The monoisotopic (exact) mass is 238 g/mol. The van der Waals surface area contributed by atoms with Crippen LogP contribution in [0.5, 0.6) is 11.5 Å². The van der Waals surface area contributed by atoms with Crippen LogP contribution < -0.4 is 0 Å². The van der Waals surface area contributed by atoms with Gasteiger partial charge in [-0.05, 0) is 17.7 Å². The van der Waals surface area contributed by atoms with Gasteiger partial charge in [0.25, 0.3) is 0 Å². The van der Waals surface area contributed by atoms with E-state index >= 15 is 0 Å². The van der Waals surface area contributed by atoms with Crippen molar-refractivity contribution in [3.05, 3.63) is 36.4 Å². The number of hydrogen-bond donors (Lipinski definition) is 3. The highest BCUT2D eigenvalue weighted by Crippen LogP contribution is 2.25. The number of aliphatic hydroxyl groups is 1. The number of rotatable bonds is 5. The van der Waals surface area contributed by atoms with Crippen molar-refractivity contribution in [2.24, 2.45) is 0 Å². The van der Waals surface area contributed by atoms with Crippen molar-refractivity contribution in [3.63, 3.8) is 0 Å². The zero-order chi connectivity index (χ0) is 12.8. The van der Waals surface area contributed by atoms with Crippen molar-refractivity contribution >= 4 is 5.97 Å². The highest BCUT2D eigenvalue weighted by atomic mass is 16.5. The Morgan fingerprint density at radius 3 is 2.71 bits per heavy atom. The zero-order valence-corrected chi connectivity index (χ0v) is 9.17. The molecule has 0 aliphatic heterocycles. The fourth-order valence-electron chi connectivity index (χ4n) is 1.26. The summed E-state index contributed by atoms with van der Waals surface area (Å²) in [6.45, 7) is 3.08. The standard InChI is InChI=1S/C12H14O5/c1-2-12(16)17-7-9(13)5-8-3-4-10(14)11(15)6-8/h2-4,6,9,13-15H,1,5,7H2. The number of phenolic OH excluding ortho intramolecular Hbond substituents is 2. The Morgan fingerprint density at radius 1 is 1.41 bits per heavy atom. The van der Waals surface area contributed by atoms with Crippen LogP contribution in [0.25, 0.3) is 0 Å². The van der Waals surface area contributed by atoms with E-state index < -0.39 is 12.1 Å². The van der Waals surface area contributed by atoms with Gasteiger partial charge in [0.1, 0.15) is 6.61 Å². The molecular weight excluding hydrogens is 224 g/mol. The molecule has 0 saturated heterocycles. The van der Waals surface area contributed by atoms with Gasteiger partial charge in [-0.2, -0.15) is 0 Å². The van der Waals surface area contributed by atoms with Gasteiger partial charge in [-0.25, -0.2) is 4.79 Å². The van der Waals surface area contributed by atoms with Crippen molar-refractivity contribution in [2.45, 2.75) is 12.5 Å². The molecule has 1 unspecified atom stereocenters. The number of carbonyl (C=O) groups is 1. The molecule has 1 aromatic rings. The van der Waals surface area contributed by atoms with Crippen LogP contribution in [-0.4, -0.2) is 34.0 Å². The summed E-state index contributed by atoms with van der Waals surface area (Å²) in [7, 11) is 0. The molecule has 17 heavy (non-hydrogen) atoms. The van der Waals surface area contributed by atoms with Gasteiger partial charge in [-0.1, -0.05) is 12.6 Å². The molecular formula is C12H14O5. The lowest BCUT2D eigenvalue weighted by molar-refractivity contribution is -0.140. The van der Waals surface area contributed by atoms with E-state index in [-0.39, 0.29) is 24.5 Å². The van der Waals surface area contributed by atoms with Crippen LogP contribution in [0, 0.1) is 0 Å². The highest BCUT2D eigenvalue weighted by Gasteiger charge is 2.09. The minimum absolute atomic E-state index is 0.146. The number of carbonyl (C=O) groups excluding carboxylic acids is 1. The maximum absolute atomic E-state index is 10.7. The van der Waals surface area contributed by atoms with Gasteiger partial charge < -0.3 is 20.1 Å². The predicted octanol–water partition coefficient (Wildman–Crippen LogP) is 0.730. The summed E-state index contributed by atoms with van der Waals surface area (Å²) in [5.74, 6) is -1.07. The SMILES string of the molecule is C=CC(=O)OCC(O)Cc1ccc(O)c(O)c1. The summed E-state index contributed by atoms with van der Waals surface area (Å²) in [4.78, 5) is 10.7. The van der Waals surface area contributed by atoms with E-state index in [0.717, 1.165) is 6.08 Å². The number of esters is 1. The second-order valence-corrected chi connectivity index (χ2v) is 3.52. The van der Waals surface area contributed by atoms with E-state index in [1.54, 1.807) is 6.07 Å². The summed E-state index contributed by atoms with van der Waals surface area (Å²) in [6, 6.07) is 4.23. The molecule has 0 fully saturated rings. The normalized spacial score (nSPS) is 11.8. The lowest BCUT2D eigenvalue weighted by Gasteiger charge is -2.10. The molecule has 0 bridgehead atoms. The second-order valence-electron chi connectivity index (χ2n) is 3.52. The summed E-state index contributed by atoms with van der Waals surface area (Å²) in [5.41, 5.74) is 0.627. The molecule has 5 nitrogen and oxygen atoms in total. The Labute approximate surface area is 98.6 Å². The third-order valence-electron chi connectivity index (χ3n) is 2.10. The van der Waals surface area contributed by atoms with Crippen molar-refractivity contribution < 1.29 is 24.9 Å². The molecule has 0 heterocycles. The lowest BCUT2D eigenvalue weighted by Crippen LogP contribution is -2.20. The van der Waals surface area contributed by atoms with Crippen LogP contribution >= 0.6 is 0 Å². The Bertz CT molecular complexity index is 413. The molecule has 0 aliphatic carbocycles. The van der Waals surface area contributed by atoms with Crippen LogP contribution in [0.4, 0.5) is 0 Å². The first kappa shape index (κ1) is 13.1. The maximum Gasteiger partial charge on any atom is 0.330 e. The van der Waals surface area contributed by atoms with Crippen LogP contribution in [0.1, 0.15) is 5.56 Å². The Hall–Kier alpha value is -2.01. The van der Waals surface area contributed by atoms with Crippen molar-refractivity contribution in [1.82, 2.24) is 0 Å². The van der Waals surface area contributed by atoms with E-state index in [1.807, 2.05) is 0 Å². The summed E-state index contributed by atoms with van der Waals surface area (Å²) in [5, 5.41) is 27.9. The maximum atomic E-state index is 10.7. The first-order chi connectivity index (χ1) is 8.02. The Balaban J connectivity index is 2.50. The van der Waals surface area contributed by atoms with Crippen LogP contribution in [0.2, 0.25) is 0 Å². The van der Waals surface area contributed by atoms with Gasteiger partial charge in [0, 0.05) is 12.5 Å². The van der Waals surface area contributed by atoms with Gasteiger partial charge in [0.05, 0.1) is 6.10 Å². The van der Waals surface area contributed by atoms with Crippen LogP contribution in [0.3, 0.4) is 0 Å². The average molecular weight is 238 g/mol. The van der Waals surface area contributed by atoms with Gasteiger partial charge in [0.2, 0.25) is 0 Å². The van der Waals surface area contributed by atoms with E-state index in [0.29, 0.717) is 5.56 Å². The minimum atomic E-state index is -0.872. The summed E-state index contributed by atoms with van der Waals surface area (Å²) >= 11 is 0. The molecule has 1 rings (SSSR count). The molecule has 92 valence electrons. The number of aromatic hydroxyl groups is 2. The molecule has 0 aromatic heterocycles. The van der Waals surface area contributed by atoms with E-state index in [9.17, 15) is 15.0 Å². The molecule has 0 radical (unpaired) electrons. The van der Waals surface area contributed by atoms with Gasteiger partial charge in [-0.3, -0.25) is 0 Å². The van der Waals surface area contributed by atoms with E-state index in [1.165, 1.54) is 12.1 Å². The summed E-state index contributed by atoms with van der Waals surface area (Å²) in [6.07, 6.45) is 0.347. The van der Waals surface area contributed by atoms with Crippen LogP contribution in [0.15, 0.2) is 30.9 Å². The fraction of sp³-hybridized carbons (Fsp3) is 0.250. The van der Waals surface area contributed by atoms with E-state index in [4.69, 9.17) is 5.11 Å². The Morgan fingerprint density at radius 2 is 2.12 bits per heavy atom. The predicted molar refractivity (Wildman–Crippen MR) is 60.6 cm³/mol. The molecule has 1 atom stereocenters. The fourth-order valence-corrected chi connectivity index (χ4v) is 1.26. The molecule has 0 spiro atoms. The number of hydrogen-bond acceptors (Lipinski definition) is 5.